The summed E-state index contributed by atoms with van der Waals surface area (Å²) in [7, 11) is -2.36. The normalized spacial score (nSPS) is 11.1. The van der Waals surface area contributed by atoms with Gasteiger partial charge in [0.25, 0.3) is 0 Å². The van der Waals surface area contributed by atoms with Crippen LogP contribution in [0.5, 0.6) is 17.2 Å². The van der Waals surface area contributed by atoms with Crippen LogP contribution < -0.4 is 19.1 Å². The van der Waals surface area contributed by atoms with Crippen LogP contribution in [-0.2, 0) is 14.8 Å². The average Bonchev–Trinajstić information content (AvgIpc) is 2.75. The van der Waals surface area contributed by atoms with Gasteiger partial charge in [0.1, 0.15) is 6.54 Å². The van der Waals surface area contributed by atoms with E-state index >= 15 is 0 Å². The van der Waals surface area contributed by atoms with Gasteiger partial charge in [-0.3, -0.25) is 9.10 Å². The molecule has 3 aromatic carbocycles. The number of benzene rings is 3. The summed E-state index contributed by atoms with van der Waals surface area (Å²) in [6.07, 6.45) is 0.965. The summed E-state index contributed by atoms with van der Waals surface area (Å²) in [5.41, 5.74) is 0.322. The number of nitrogens with zero attached hydrogens (tertiary/aromatic N) is 1. The Morgan fingerprint density at radius 1 is 0.939 bits per heavy atom. The molecule has 7 nitrogen and oxygen atoms in total. The minimum absolute atomic E-state index is 0.0819. The summed E-state index contributed by atoms with van der Waals surface area (Å²) in [4.78, 5) is 12.9. The lowest BCUT2D eigenvalue weighted by Crippen LogP contribution is -2.37. The molecule has 0 unspecified atom stereocenters. The molecular formula is C22H19Cl3N2O5S. The number of nitrogens with one attached hydrogen (secondary N) is 1. The zero-order valence-electron chi connectivity index (χ0n) is 17.5. The lowest BCUT2D eigenvalue weighted by molar-refractivity contribution is -0.114. The molecule has 174 valence electrons. The van der Waals surface area contributed by atoms with Crippen LogP contribution in [0.15, 0.2) is 60.7 Å². The van der Waals surface area contributed by atoms with Crippen LogP contribution in [0.2, 0.25) is 15.1 Å². The molecule has 1 amide bonds. The van der Waals surface area contributed by atoms with E-state index < -0.39 is 22.5 Å². The minimum atomic E-state index is -3.86. The molecule has 3 aromatic rings. The molecule has 0 aromatic heterocycles. The van der Waals surface area contributed by atoms with Gasteiger partial charge < -0.3 is 14.8 Å². The molecule has 0 radical (unpaired) electrons. The molecule has 0 aliphatic carbocycles. The summed E-state index contributed by atoms with van der Waals surface area (Å²) >= 11 is 18.3. The molecule has 11 heteroatoms. The van der Waals surface area contributed by atoms with Crippen LogP contribution in [0.4, 0.5) is 11.4 Å². The van der Waals surface area contributed by atoms with E-state index in [0.717, 1.165) is 10.6 Å². The van der Waals surface area contributed by atoms with Crippen LogP contribution in [-0.4, -0.2) is 34.2 Å². The third-order valence-corrected chi connectivity index (χ3v) is 6.29. The van der Waals surface area contributed by atoms with E-state index in [1.54, 1.807) is 36.4 Å². The van der Waals surface area contributed by atoms with Crippen molar-refractivity contribution in [2.75, 3.05) is 29.5 Å². The highest BCUT2D eigenvalue weighted by molar-refractivity contribution is 7.92. The topological polar surface area (TPSA) is 84.9 Å². The molecule has 1 N–H and O–H groups in total. The molecule has 0 aliphatic heterocycles. The largest absolute Gasteiger partial charge is 0.493 e. The maximum absolute atomic E-state index is 12.9. The van der Waals surface area contributed by atoms with E-state index in [4.69, 9.17) is 44.3 Å². The van der Waals surface area contributed by atoms with Crippen molar-refractivity contribution in [2.45, 2.75) is 0 Å². The fraction of sp³-hybridized carbons (Fsp3) is 0.136. The molecule has 33 heavy (non-hydrogen) atoms. The lowest BCUT2D eigenvalue weighted by Gasteiger charge is -2.23. The minimum Gasteiger partial charge on any atom is -0.493 e. The third kappa shape index (κ3) is 6.45. The third-order valence-electron chi connectivity index (χ3n) is 4.37. The summed E-state index contributed by atoms with van der Waals surface area (Å²) in [6, 6.07) is 16.0. The Hall–Kier alpha value is -2.65. The van der Waals surface area contributed by atoms with E-state index in [1.165, 1.54) is 31.4 Å². The lowest BCUT2D eigenvalue weighted by atomic mass is 10.2. The zero-order chi connectivity index (χ0) is 24.2. The van der Waals surface area contributed by atoms with Gasteiger partial charge in [0.2, 0.25) is 15.9 Å². The van der Waals surface area contributed by atoms with Crippen molar-refractivity contribution in [3.8, 4) is 17.2 Å². The van der Waals surface area contributed by atoms with Crippen molar-refractivity contribution in [1.29, 1.82) is 0 Å². The first-order valence-electron chi connectivity index (χ1n) is 9.41. The second kappa shape index (κ2) is 10.5. The number of carbonyl (C=O) groups is 1. The summed E-state index contributed by atoms with van der Waals surface area (Å²) in [5.74, 6) is 0.539. The smallest absolute Gasteiger partial charge is 0.245 e. The SMILES string of the molecule is COc1ccccc1Oc1ccc(Cl)cc1NC(=O)CN(c1cc(Cl)ccc1Cl)S(C)(=O)=O. The fourth-order valence-electron chi connectivity index (χ4n) is 2.89. The highest BCUT2D eigenvalue weighted by Crippen LogP contribution is 2.36. The van der Waals surface area contributed by atoms with Gasteiger partial charge in [0.15, 0.2) is 17.2 Å². The molecule has 0 spiro atoms. The predicted molar refractivity (Wildman–Crippen MR) is 132 cm³/mol. The average molecular weight is 530 g/mol. The quantitative estimate of drug-likeness (QED) is 0.395. The van der Waals surface area contributed by atoms with Gasteiger partial charge in [-0.1, -0.05) is 46.9 Å². The van der Waals surface area contributed by atoms with Crippen molar-refractivity contribution < 1.29 is 22.7 Å². The van der Waals surface area contributed by atoms with Crippen molar-refractivity contribution >= 4 is 62.1 Å². The van der Waals surface area contributed by atoms with E-state index in [-0.39, 0.29) is 27.2 Å². The van der Waals surface area contributed by atoms with Gasteiger partial charge in [0, 0.05) is 10.0 Å². The number of rotatable bonds is 8. The fourth-order valence-corrected chi connectivity index (χ4v) is 4.36. The Bertz CT molecular complexity index is 1280. The zero-order valence-corrected chi connectivity index (χ0v) is 20.6. The summed E-state index contributed by atoms with van der Waals surface area (Å²) in [6.45, 7) is -0.556. The number of ether oxygens (including phenoxy) is 2. The Labute approximate surface area is 206 Å². The van der Waals surface area contributed by atoms with Gasteiger partial charge in [-0.25, -0.2) is 8.42 Å². The number of hydrogen-bond donors (Lipinski definition) is 1. The van der Waals surface area contributed by atoms with Crippen molar-refractivity contribution in [1.82, 2.24) is 0 Å². The van der Waals surface area contributed by atoms with Gasteiger partial charge in [-0.05, 0) is 48.5 Å². The second-order valence-corrected chi connectivity index (χ2v) is 9.99. The summed E-state index contributed by atoms with van der Waals surface area (Å²) in [5, 5.41) is 3.38. The number of carbonyl (C=O) groups excluding carboxylic acids is 1. The predicted octanol–water partition coefficient (Wildman–Crippen LogP) is 5.85. The van der Waals surface area contributed by atoms with Crippen LogP contribution in [0, 0.1) is 0 Å². The van der Waals surface area contributed by atoms with Crippen LogP contribution >= 0.6 is 34.8 Å². The Balaban J connectivity index is 1.89. The van der Waals surface area contributed by atoms with Crippen molar-refractivity contribution in [3.63, 3.8) is 0 Å². The first-order chi connectivity index (χ1) is 15.6. The molecule has 0 saturated heterocycles. The molecule has 3 rings (SSSR count). The first-order valence-corrected chi connectivity index (χ1v) is 12.4. The number of halogens is 3. The highest BCUT2D eigenvalue weighted by Gasteiger charge is 2.24. The molecule has 0 aliphatic rings. The van der Waals surface area contributed by atoms with Crippen molar-refractivity contribution in [2.24, 2.45) is 0 Å². The van der Waals surface area contributed by atoms with Gasteiger partial charge in [-0.15, -0.1) is 0 Å². The van der Waals surface area contributed by atoms with Gasteiger partial charge in [0.05, 0.1) is 29.8 Å². The second-order valence-electron chi connectivity index (χ2n) is 6.81. The van der Waals surface area contributed by atoms with Crippen molar-refractivity contribution in [3.05, 3.63) is 75.7 Å². The highest BCUT2D eigenvalue weighted by atomic mass is 35.5. The van der Waals surface area contributed by atoms with Gasteiger partial charge >= 0.3 is 0 Å². The molecule has 0 fully saturated rings. The summed E-state index contributed by atoms with van der Waals surface area (Å²) < 4.78 is 36.9. The maximum atomic E-state index is 12.9. The van der Waals surface area contributed by atoms with Crippen LogP contribution in [0.3, 0.4) is 0 Å². The molecule has 0 atom stereocenters. The van der Waals surface area contributed by atoms with E-state index in [1.807, 2.05) is 0 Å². The Morgan fingerprint density at radius 3 is 2.24 bits per heavy atom. The number of anilines is 2. The molecule has 0 bridgehead atoms. The van der Waals surface area contributed by atoms with Crippen LogP contribution in [0.1, 0.15) is 0 Å². The monoisotopic (exact) mass is 528 g/mol. The number of hydrogen-bond acceptors (Lipinski definition) is 5. The first kappa shape index (κ1) is 25.0. The van der Waals surface area contributed by atoms with E-state index in [0.29, 0.717) is 16.5 Å². The van der Waals surface area contributed by atoms with Crippen LogP contribution in [0.25, 0.3) is 0 Å². The Kier molecular flexibility index (Phi) is 7.97. The van der Waals surface area contributed by atoms with E-state index in [2.05, 4.69) is 5.32 Å². The number of methoxy groups -OCH3 is 1. The standard InChI is InChI=1S/C22H19Cl3N2O5S/c1-31-20-5-3-4-6-21(20)32-19-10-8-14(23)11-17(19)26-22(28)13-27(33(2,29)30)18-12-15(24)7-9-16(18)25/h3-12H,13H2,1-2H3,(H,26,28). The molecule has 0 saturated carbocycles. The van der Waals surface area contributed by atoms with E-state index in [9.17, 15) is 13.2 Å². The van der Waals surface area contributed by atoms with Gasteiger partial charge in [-0.2, -0.15) is 0 Å². The number of amides is 1. The molecular weight excluding hydrogens is 511 g/mol. The Morgan fingerprint density at radius 2 is 1.58 bits per heavy atom. The number of para-hydroxylation sites is 2. The maximum Gasteiger partial charge on any atom is 0.245 e. The number of sulfonamides is 1. The molecule has 0 heterocycles.